The Bertz CT molecular complexity index is 527. The van der Waals surface area contributed by atoms with Gasteiger partial charge in [0.2, 0.25) is 5.91 Å². The van der Waals surface area contributed by atoms with Crippen molar-refractivity contribution in [3.05, 3.63) is 0 Å². The molecule has 0 aromatic carbocycles. The van der Waals surface area contributed by atoms with E-state index in [4.69, 9.17) is 9.47 Å². The molecule has 7 nitrogen and oxygen atoms in total. The van der Waals surface area contributed by atoms with E-state index in [1.54, 1.807) is 4.90 Å². The third-order valence-corrected chi connectivity index (χ3v) is 5.16. The van der Waals surface area contributed by atoms with Gasteiger partial charge in [0.05, 0.1) is 7.11 Å². The van der Waals surface area contributed by atoms with Crippen LogP contribution in [-0.4, -0.2) is 54.2 Å². The number of ether oxygens (including phenoxy) is 2. The number of carbonyl (C=O) groups is 3. The lowest BCUT2D eigenvalue weighted by Crippen LogP contribution is -2.58. The van der Waals surface area contributed by atoms with E-state index in [-0.39, 0.29) is 23.9 Å². The number of nitrogens with one attached hydrogen (secondary N) is 1. The van der Waals surface area contributed by atoms with Crippen molar-refractivity contribution >= 4 is 18.0 Å². The summed E-state index contributed by atoms with van der Waals surface area (Å²) in [5.74, 6) is -0.657. The van der Waals surface area contributed by atoms with Crippen LogP contribution in [0.3, 0.4) is 0 Å². The fraction of sp³-hybridized carbons (Fsp3) is 0.842. The van der Waals surface area contributed by atoms with Crippen molar-refractivity contribution < 1.29 is 23.9 Å². The van der Waals surface area contributed by atoms with Crippen LogP contribution >= 0.6 is 0 Å². The fourth-order valence-electron chi connectivity index (χ4n) is 3.72. The fourth-order valence-corrected chi connectivity index (χ4v) is 3.72. The van der Waals surface area contributed by atoms with Crippen LogP contribution in [0.25, 0.3) is 0 Å². The van der Waals surface area contributed by atoms with Crippen molar-refractivity contribution in [2.75, 3.05) is 20.2 Å². The van der Waals surface area contributed by atoms with Crippen LogP contribution in [0.4, 0.5) is 4.79 Å². The smallest absolute Gasteiger partial charge is 0.410 e. The van der Waals surface area contributed by atoms with Crippen LogP contribution in [0, 0.1) is 5.92 Å². The zero-order chi connectivity index (χ0) is 19.4. The summed E-state index contributed by atoms with van der Waals surface area (Å²) in [5, 5.41) is 2.99. The van der Waals surface area contributed by atoms with Crippen molar-refractivity contribution in [3.8, 4) is 0 Å². The highest BCUT2D eigenvalue weighted by Gasteiger charge is 2.43. The summed E-state index contributed by atoms with van der Waals surface area (Å²) >= 11 is 0. The highest BCUT2D eigenvalue weighted by molar-refractivity contribution is 5.89. The molecule has 1 aliphatic carbocycles. The van der Waals surface area contributed by atoms with Gasteiger partial charge in [0.1, 0.15) is 11.1 Å². The normalized spacial score (nSPS) is 21.0. The summed E-state index contributed by atoms with van der Waals surface area (Å²) in [5.41, 5.74) is -1.41. The van der Waals surface area contributed by atoms with E-state index < -0.39 is 11.1 Å². The van der Waals surface area contributed by atoms with Gasteiger partial charge >= 0.3 is 12.1 Å². The molecular formula is C19H32N2O5. The molecule has 2 rings (SSSR count). The number of rotatable bonds is 3. The molecule has 1 saturated heterocycles. The standard InChI is InChI=1S/C19H32N2O5/c1-18(2,3)26-17(24)21-12-8-14(9-13-21)15(22)20-19(16(23)25-4)10-6-5-7-11-19/h14H,5-13H2,1-4H3,(H,20,22). The van der Waals surface area contributed by atoms with Gasteiger partial charge in [-0.15, -0.1) is 0 Å². The van der Waals surface area contributed by atoms with Crippen LogP contribution < -0.4 is 5.32 Å². The lowest BCUT2D eigenvalue weighted by atomic mass is 9.81. The molecular weight excluding hydrogens is 336 g/mol. The van der Waals surface area contributed by atoms with Gasteiger partial charge in [-0.05, 0) is 46.5 Å². The number of nitrogens with zero attached hydrogens (tertiary/aromatic N) is 1. The Morgan fingerprint density at radius 2 is 1.62 bits per heavy atom. The van der Waals surface area contributed by atoms with E-state index >= 15 is 0 Å². The molecule has 26 heavy (non-hydrogen) atoms. The third-order valence-electron chi connectivity index (χ3n) is 5.16. The largest absolute Gasteiger partial charge is 0.467 e. The molecule has 0 bridgehead atoms. The number of likely N-dealkylation sites (tertiary alicyclic amines) is 1. The number of hydrogen-bond donors (Lipinski definition) is 1. The third kappa shape index (κ3) is 5.11. The van der Waals surface area contributed by atoms with Gasteiger partial charge in [0, 0.05) is 19.0 Å². The number of piperidine rings is 1. The maximum atomic E-state index is 12.7. The Labute approximate surface area is 155 Å². The van der Waals surface area contributed by atoms with E-state index in [9.17, 15) is 14.4 Å². The lowest BCUT2D eigenvalue weighted by molar-refractivity contribution is -0.153. The van der Waals surface area contributed by atoms with Gasteiger partial charge in [0.25, 0.3) is 0 Å². The summed E-state index contributed by atoms with van der Waals surface area (Å²) in [6, 6.07) is 0. The second-order valence-corrected chi connectivity index (χ2v) is 8.37. The van der Waals surface area contributed by atoms with E-state index in [1.165, 1.54) is 7.11 Å². The highest BCUT2D eigenvalue weighted by Crippen LogP contribution is 2.30. The predicted molar refractivity (Wildman–Crippen MR) is 96.5 cm³/mol. The molecule has 0 radical (unpaired) electrons. The second kappa shape index (κ2) is 8.27. The van der Waals surface area contributed by atoms with Gasteiger partial charge in [-0.25, -0.2) is 9.59 Å². The first-order valence-electron chi connectivity index (χ1n) is 9.55. The van der Waals surface area contributed by atoms with Crippen molar-refractivity contribution in [1.29, 1.82) is 0 Å². The van der Waals surface area contributed by atoms with Crippen molar-refractivity contribution in [3.63, 3.8) is 0 Å². The van der Waals surface area contributed by atoms with Gasteiger partial charge in [0.15, 0.2) is 0 Å². The first-order valence-corrected chi connectivity index (χ1v) is 9.55. The van der Waals surface area contributed by atoms with Gasteiger partial charge in [-0.3, -0.25) is 4.79 Å². The molecule has 0 atom stereocenters. The topological polar surface area (TPSA) is 84.9 Å². The van der Waals surface area contributed by atoms with E-state index in [2.05, 4.69) is 5.32 Å². The monoisotopic (exact) mass is 368 g/mol. The molecule has 0 unspecified atom stereocenters. The Morgan fingerprint density at radius 1 is 1.04 bits per heavy atom. The van der Waals surface area contributed by atoms with Crippen molar-refractivity contribution in [2.45, 2.75) is 76.9 Å². The zero-order valence-electron chi connectivity index (χ0n) is 16.4. The average Bonchev–Trinajstić information content (AvgIpc) is 2.60. The summed E-state index contributed by atoms with van der Waals surface area (Å²) in [6.45, 7) is 6.47. The second-order valence-electron chi connectivity index (χ2n) is 8.37. The molecule has 2 aliphatic rings. The van der Waals surface area contributed by atoms with E-state index in [1.807, 2.05) is 20.8 Å². The molecule has 1 heterocycles. The molecule has 0 spiro atoms. The Morgan fingerprint density at radius 3 is 2.12 bits per heavy atom. The maximum Gasteiger partial charge on any atom is 0.410 e. The summed E-state index contributed by atoms with van der Waals surface area (Å²) in [7, 11) is 1.37. The SMILES string of the molecule is COC(=O)C1(NC(=O)C2CCN(C(=O)OC(C)(C)C)CC2)CCCCC1. The van der Waals surface area contributed by atoms with E-state index in [0.29, 0.717) is 38.8 Å². The first kappa shape index (κ1) is 20.5. The molecule has 0 aromatic rings. The van der Waals surface area contributed by atoms with Crippen molar-refractivity contribution in [2.24, 2.45) is 5.92 Å². The Kier molecular flexibility index (Phi) is 6.53. The molecule has 1 N–H and O–H groups in total. The zero-order valence-corrected chi connectivity index (χ0v) is 16.4. The molecule has 1 saturated carbocycles. The van der Waals surface area contributed by atoms with Gasteiger partial charge < -0.3 is 19.7 Å². The quantitative estimate of drug-likeness (QED) is 0.774. The highest BCUT2D eigenvalue weighted by atomic mass is 16.6. The number of esters is 1. The molecule has 2 amide bonds. The lowest BCUT2D eigenvalue weighted by Gasteiger charge is -2.38. The number of carbonyl (C=O) groups excluding carboxylic acids is 3. The summed E-state index contributed by atoms with van der Waals surface area (Å²) in [6.07, 6.45) is 4.95. The molecule has 1 aliphatic heterocycles. The van der Waals surface area contributed by atoms with Gasteiger partial charge in [-0.2, -0.15) is 0 Å². The number of amides is 2. The minimum Gasteiger partial charge on any atom is -0.467 e. The molecule has 2 fully saturated rings. The van der Waals surface area contributed by atoms with Crippen LogP contribution in [0.5, 0.6) is 0 Å². The van der Waals surface area contributed by atoms with Crippen molar-refractivity contribution in [1.82, 2.24) is 10.2 Å². The van der Waals surface area contributed by atoms with Crippen LogP contribution in [0.2, 0.25) is 0 Å². The van der Waals surface area contributed by atoms with Crippen LogP contribution in [-0.2, 0) is 19.1 Å². The van der Waals surface area contributed by atoms with E-state index in [0.717, 1.165) is 19.3 Å². The predicted octanol–water partition coefficient (Wildman–Crippen LogP) is 2.63. The van der Waals surface area contributed by atoms with Gasteiger partial charge in [-0.1, -0.05) is 19.3 Å². The Balaban J connectivity index is 1.91. The minimum atomic E-state index is -0.883. The minimum absolute atomic E-state index is 0.110. The summed E-state index contributed by atoms with van der Waals surface area (Å²) < 4.78 is 10.3. The summed E-state index contributed by atoms with van der Waals surface area (Å²) in [4.78, 5) is 38.8. The average molecular weight is 368 g/mol. The molecule has 0 aromatic heterocycles. The molecule has 7 heteroatoms. The molecule has 148 valence electrons. The Hall–Kier alpha value is -1.79. The first-order chi connectivity index (χ1) is 12.2. The van der Waals surface area contributed by atoms with Crippen LogP contribution in [0.1, 0.15) is 65.7 Å². The maximum absolute atomic E-state index is 12.7. The number of hydrogen-bond acceptors (Lipinski definition) is 5. The number of methoxy groups -OCH3 is 1. The van der Waals surface area contributed by atoms with Crippen LogP contribution in [0.15, 0.2) is 0 Å².